The normalized spacial score (nSPS) is 22.2. The summed E-state index contributed by atoms with van der Waals surface area (Å²) in [5, 5.41) is 1.08. The first-order valence-corrected chi connectivity index (χ1v) is 12.8. The lowest BCUT2D eigenvalue weighted by atomic mass is 9.85. The highest BCUT2D eigenvalue weighted by Gasteiger charge is 2.49. The van der Waals surface area contributed by atoms with E-state index >= 15 is 0 Å². The van der Waals surface area contributed by atoms with Crippen molar-refractivity contribution in [1.82, 2.24) is 19.7 Å². The molecule has 3 aromatic rings. The number of methoxy groups -OCH3 is 2. The van der Waals surface area contributed by atoms with Crippen LogP contribution >= 0.6 is 0 Å². The minimum atomic E-state index is -0.585. The van der Waals surface area contributed by atoms with Crippen LogP contribution in [0.15, 0.2) is 42.5 Å². The monoisotopic (exact) mass is 504 g/mol. The van der Waals surface area contributed by atoms with Gasteiger partial charge in [-0.25, -0.2) is 0 Å². The summed E-state index contributed by atoms with van der Waals surface area (Å²) >= 11 is 0. The molecule has 37 heavy (non-hydrogen) atoms. The van der Waals surface area contributed by atoms with E-state index in [1.54, 1.807) is 24.0 Å². The average Bonchev–Trinajstić information content (AvgIpc) is 3.31. The van der Waals surface area contributed by atoms with Crippen LogP contribution in [0.3, 0.4) is 0 Å². The Hall–Kier alpha value is -3.56. The molecule has 0 aliphatic carbocycles. The molecular formula is C28H32N4O5. The summed E-state index contributed by atoms with van der Waals surface area (Å²) in [6.07, 6.45) is 0.473. The predicted molar refractivity (Wildman–Crippen MR) is 138 cm³/mol. The number of carbonyl (C=O) groups is 2. The number of carbonyl (C=O) groups excluding carboxylic acids is 2. The third-order valence-electron chi connectivity index (χ3n) is 7.86. The Morgan fingerprint density at radius 2 is 1.81 bits per heavy atom. The topological polar surface area (TPSA) is 87.3 Å². The number of H-pyrrole nitrogens is 1. The number of nitrogens with zero attached hydrogens (tertiary/aromatic N) is 3. The molecule has 6 rings (SSSR count). The van der Waals surface area contributed by atoms with Crippen molar-refractivity contribution in [2.75, 3.05) is 60.2 Å². The number of piperazine rings is 1. The Morgan fingerprint density at radius 1 is 1.00 bits per heavy atom. The van der Waals surface area contributed by atoms with Crippen molar-refractivity contribution in [3.8, 4) is 11.5 Å². The zero-order chi connectivity index (χ0) is 25.5. The Labute approximate surface area is 215 Å². The van der Waals surface area contributed by atoms with Crippen molar-refractivity contribution in [3.63, 3.8) is 0 Å². The second-order valence-corrected chi connectivity index (χ2v) is 9.78. The van der Waals surface area contributed by atoms with E-state index in [2.05, 4.69) is 16.0 Å². The van der Waals surface area contributed by atoms with Gasteiger partial charge in [0.15, 0.2) is 11.5 Å². The highest BCUT2D eigenvalue weighted by Crippen LogP contribution is 2.46. The van der Waals surface area contributed by atoms with Crippen LogP contribution in [0.1, 0.15) is 22.9 Å². The Morgan fingerprint density at radius 3 is 2.59 bits per heavy atom. The molecule has 3 aliphatic heterocycles. The molecule has 2 saturated heterocycles. The molecule has 1 aromatic heterocycles. The third kappa shape index (κ3) is 4.02. The van der Waals surface area contributed by atoms with Gasteiger partial charge in [-0.3, -0.25) is 14.5 Å². The van der Waals surface area contributed by atoms with Crippen molar-refractivity contribution in [2.24, 2.45) is 0 Å². The maximum absolute atomic E-state index is 13.9. The van der Waals surface area contributed by atoms with E-state index in [9.17, 15) is 9.59 Å². The zero-order valence-electron chi connectivity index (χ0n) is 21.2. The largest absolute Gasteiger partial charge is 0.493 e. The van der Waals surface area contributed by atoms with Crippen LogP contribution in [0.25, 0.3) is 10.9 Å². The highest BCUT2D eigenvalue weighted by molar-refractivity contribution is 5.97. The number of hydrogen-bond acceptors (Lipinski definition) is 6. The fraction of sp³-hybridized carbons (Fsp3) is 0.429. The van der Waals surface area contributed by atoms with Crippen LogP contribution in [0.5, 0.6) is 11.5 Å². The van der Waals surface area contributed by atoms with Gasteiger partial charge in [-0.2, -0.15) is 0 Å². The molecule has 0 radical (unpaired) electrons. The number of aromatic nitrogens is 1. The molecule has 2 fully saturated rings. The maximum Gasteiger partial charge on any atom is 0.246 e. The lowest BCUT2D eigenvalue weighted by Crippen LogP contribution is -2.63. The smallest absolute Gasteiger partial charge is 0.246 e. The molecule has 2 atom stereocenters. The number of fused-ring (bicyclic) bond motifs is 4. The van der Waals surface area contributed by atoms with Crippen LogP contribution in [-0.2, 0) is 20.7 Å². The van der Waals surface area contributed by atoms with Crippen LogP contribution in [-0.4, -0.2) is 97.7 Å². The van der Waals surface area contributed by atoms with Crippen molar-refractivity contribution >= 4 is 22.7 Å². The van der Waals surface area contributed by atoms with Crippen molar-refractivity contribution in [1.29, 1.82) is 0 Å². The second kappa shape index (κ2) is 9.72. The molecule has 2 unspecified atom stereocenters. The van der Waals surface area contributed by atoms with Crippen LogP contribution in [0, 0.1) is 0 Å². The predicted octanol–water partition coefficient (Wildman–Crippen LogP) is 2.20. The van der Waals surface area contributed by atoms with Gasteiger partial charge in [-0.05, 0) is 17.7 Å². The van der Waals surface area contributed by atoms with Gasteiger partial charge in [0, 0.05) is 54.8 Å². The summed E-state index contributed by atoms with van der Waals surface area (Å²) in [5.41, 5.74) is 3.78. The minimum absolute atomic E-state index is 0.00402. The number of ether oxygens (including phenoxy) is 3. The van der Waals surface area contributed by atoms with Gasteiger partial charge in [0.25, 0.3) is 0 Å². The molecule has 1 N–H and O–H groups in total. The lowest BCUT2D eigenvalue weighted by molar-refractivity contribution is -0.159. The molecule has 4 heterocycles. The van der Waals surface area contributed by atoms with Crippen molar-refractivity contribution in [2.45, 2.75) is 18.5 Å². The number of hydrogen-bond donors (Lipinski definition) is 1. The number of rotatable bonds is 6. The molecule has 0 bridgehead atoms. The molecule has 2 aromatic carbocycles. The Balaban J connectivity index is 1.42. The van der Waals surface area contributed by atoms with Crippen LogP contribution in [0.2, 0.25) is 0 Å². The number of nitrogens with one attached hydrogen (secondary N) is 1. The summed E-state index contributed by atoms with van der Waals surface area (Å²) < 4.78 is 16.8. The average molecular weight is 505 g/mol. The minimum Gasteiger partial charge on any atom is -0.493 e. The summed E-state index contributed by atoms with van der Waals surface area (Å²) in [6, 6.07) is 12.7. The SMILES string of the molecule is COc1cccc(C2c3[nH]c4ccccc4c3CC3C(=O)N(CCN4CCOCC4)CC(=O)N32)c1OC. The van der Waals surface area contributed by atoms with Crippen LogP contribution < -0.4 is 9.47 Å². The molecule has 2 amide bonds. The van der Waals surface area contributed by atoms with Gasteiger partial charge in [-0.1, -0.05) is 30.3 Å². The van der Waals surface area contributed by atoms with E-state index in [1.807, 2.05) is 36.4 Å². The van der Waals surface area contributed by atoms with Gasteiger partial charge in [0.2, 0.25) is 11.8 Å². The molecule has 0 saturated carbocycles. The van der Waals surface area contributed by atoms with Gasteiger partial charge in [0.1, 0.15) is 12.1 Å². The second-order valence-electron chi connectivity index (χ2n) is 9.78. The third-order valence-corrected chi connectivity index (χ3v) is 7.86. The number of aromatic amines is 1. The summed E-state index contributed by atoms with van der Waals surface area (Å²) in [5.74, 6) is 1.08. The van der Waals surface area contributed by atoms with E-state index in [-0.39, 0.29) is 18.4 Å². The standard InChI is InChI=1S/C28H32N4O5/c1-35-23-9-5-7-19(27(23)36-2)26-25-20(18-6-3-4-8-21(18)29-25)16-22-28(34)31(17-24(33)32(22)26)11-10-30-12-14-37-15-13-30/h3-9,22,26,29H,10-17H2,1-2H3. The summed E-state index contributed by atoms with van der Waals surface area (Å²) in [6.45, 7) is 4.44. The van der Waals surface area contributed by atoms with Crippen LogP contribution in [0.4, 0.5) is 0 Å². The Kier molecular flexibility index (Phi) is 6.26. The maximum atomic E-state index is 13.9. The van der Waals surface area contributed by atoms with Crippen molar-refractivity contribution in [3.05, 3.63) is 59.3 Å². The molecular weight excluding hydrogens is 472 g/mol. The van der Waals surface area contributed by atoms with Gasteiger partial charge in [0.05, 0.1) is 34.0 Å². The van der Waals surface area contributed by atoms with Crippen molar-refractivity contribution < 1.29 is 23.8 Å². The first kappa shape index (κ1) is 23.8. The zero-order valence-corrected chi connectivity index (χ0v) is 21.2. The molecule has 0 spiro atoms. The van der Waals surface area contributed by atoms with Gasteiger partial charge in [-0.15, -0.1) is 0 Å². The molecule has 9 nitrogen and oxygen atoms in total. The molecule has 194 valence electrons. The number of morpholine rings is 1. The first-order valence-electron chi connectivity index (χ1n) is 12.8. The van der Waals surface area contributed by atoms with E-state index in [4.69, 9.17) is 14.2 Å². The van der Waals surface area contributed by atoms with Gasteiger partial charge >= 0.3 is 0 Å². The lowest BCUT2D eigenvalue weighted by Gasteiger charge is -2.47. The number of amides is 2. The molecule has 9 heteroatoms. The van der Waals surface area contributed by atoms with E-state index < -0.39 is 12.1 Å². The highest BCUT2D eigenvalue weighted by atomic mass is 16.5. The molecule has 3 aliphatic rings. The fourth-order valence-corrected chi connectivity index (χ4v) is 6.05. The first-order chi connectivity index (χ1) is 18.1. The summed E-state index contributed by atoms with van der Waals surface area (Å²) in [7, 11) is 3.20. The summed E-state index contributed by atoms with van der Waals surface area (Å²) in [4.78, 5) is 37.1. The number of para-hydroxylation sites is 2. The van der Waals surface area contributed by atoms with E-state index in [0.29, 0.717) is 37.7 Å². The van der Waals surface area contributed by atoms with E-state index in [0.717, 1.165) is 47.4 Å². The Bertz CT molecular complexity index is 1330. The number of benzene rings is 2. The fourth-order valence-electron chi connectivity index (χ4n) is 6.05. The quantitative estimate of drug-likeness (QED) is 0.554. The van der Waals surface area contributed by atoms with Gasteiger partial charge < -0.3 is 29.0 Å². The van der Waals surface area contributed by atoms with E-state index in [1.165, 1.54) is 0 Å².